The summed E-state index contributed by atoms with van der Waals surface area (Å²) in [6, 6.07) is 21.5. The van der Waals surface area contributed by atoms with Gasteiger partial charge in [-0.1, -0.05) is 52.3 Å². The number of carbonyl (C=O) groups excluding carboxylic acids is 2. The van der Waals surface area contributed by atoms with Gasteiger partial charge in [-0.25, -0.2) is 0 Å². The van der Waals surface area contributed by atoms with Crippen molar-refractivity contribution >= 4 is 45.2 Å². The summed E-state index contributed by atoms with van der Waals surface area (Å²) in [6.07, 6.45) is 1.94. The zero-order valence-corrected chi connectivity index (χ0v) is 20.8. The van der Waals surface area contributed by atoms with E-state index in [0.717, 1.165) is 15.6 Å². The lowest BCUT2D eigenvalue weighted by atomic mass is 9.98. The van der Waals surface area contributed by atoms with E-state index in [9.17, 15) is 9.59 Å². The standard InChI is InChI=1S/C27H25BrN2O4/c1-18(15-19-7-5-4-6-8-19)26-27(32)29(23-16-22(33-2)13-14-24(23)34-3)17-25(31)30(26)21-11-9-20(28)10-12-21/h4-16,26H,17H2,1-3H3. The SMILES string of the molecule is COc1ccc(OC)c(N2CC(=O)N(c3ccc(Br)cc3)C(C(C)=Cc3ccccc3)C2=O)c1. The average Bonchev–Trinajstić information content (AvgIpc) is 2.85. The molecule has 1 unspecified atom stereocenters. The van der Waals surface area contributed by atoms with Gasteiger partial charge in [0.05, 0.1) is 19.9 Å². The molecule has 1 aliphatic rings. The summed E-state index contributed by atoms with van der Waals surface area (Å²) in [5, 5.41) is 0. The van der Waals surface area contributed by atoms with Gasteiger partial charge in [0.25, 0.3) is 5.91 Å². The minimum absolute atomic E-state index is 0.118. The van der Waals surface area contributed by atoms with Gasteiger partial charge in [-0.05, 0) is 54.5 Å². The number of carbonyl (C=O) groups is 2. The fraction of sp³-hybridized carbons (Fsp3) is 0.185. The number of amides is 2. The van der Waals surface area contributed by atoms with Crippen LogP contribution in [0.3, 0.4) is 0 Å². The molecule has 0 aliphatic carbocycles. The first-order valence-electron chi connectivity index (χ1n) is 10.8. The van der Waals surface area contributed by atoms with Crippen LogP contribution in [0, 0.1) is 0 Å². The Kier molecular flexibility index (Phi) is 7.03. The third kappa shape index (κ3) is 4.70. The number of benzene rings is 3. The first-order valence-corrected chi connectivity index (χ1v) is 11.6. The lowest BCUT2D eigenvalue weighted by Crippen LogP contribution is -2.61. The summed E-state index contributed by atoms with van der Waals surface area (Å²) in [5.41, 5.74) is 2.85. The molecular formula is C27H25BrN2O4. The van der Waals surface area contributed by atoms with Crippen LogP contribution in [0.1, 0.15) is 12.5 Å². The predicted octanol–water partition coefficient (Wildman–Crippen LogP) is 5.32. The monoisotopic (exact) mass is 520 g/mol. The molecule has 7 heteroatoms. The van der Waals surface area contributed by atoms with Crippen molar-refractivity contribution in [3.05, 3.63) is 88.4 Å². The fourth-order valence-corrected chi connectivity index (χ4v) is 4.35. The van der Waals surface area contributed by atoms with Gasteiger partial charge in [-0.15, -0.1) is 0 Å². The maximum atomic E-state index is 14.0. The van der Waals surface area contributed by atoms with E-state index in [1.165, 1.54) is 12.0 Å². The average molecular weight is 521 g/mol. The normalized spacial score (nSPS) is 16.6. The molecule has 3 aromatic rings. The highest BCUT2D eigenvalue weighted by molar-refractivity contribution is 9.10. The molecule has 4 rings (SSSR count). The molecule has 6 nitrogen and oxygen atoms in total. The second kappa shape index (κ2) is 10.1. The van der Waals surface area contributed by atoms with Crippen LogP contribution in [-0.2, 0) is 9.59 Å². The molecule has 0 bridgehead atoms. The molecule has 174 valence electrons. The number of nitrogens with zero attached hydrogens (tertiary/aromatic N) is 2. The zero-order chi connectivity index (χ0) is 24.2. The molecule has 0 radical (unpaired) electrons. The van der Waals surface area contributed by atoms with Gasteiger partial charge >= 0.3 is 0 Å². The molecule has 0 N–H and O–H groups in total. The summed E-state index contributed by atoms with van der Waals surface area (Å²) >= 11 is 3.44. The maximum Gasteiger partial charge on any atom is 0.255 e. The minimum Gasteiger partial charge on any atom is -0.497 e. The highest BCUT2D eigenvalue weighted by Gasteiger charge is 2.42. The van der Waals surface area contributed by atoms with Gasteiger partial charge in [0, 0.05) is 16.2 Å². The highest BCUT2D eigenvalue weighted by Crippen LogP contribution is 2.36. The molecule has 2 amide bonds. The van der Waals surface area contributed by atoms with Gasteiger partial charge in [0.2, 0.25) is 5.91 Å². The van der Waals surface area contributed by atoms with E-state index in [0.29, 0.717) is 22.9 Å². The number of hydrogen-bond acceptors (Lipinski definition) is 4. The Hall–Kier alpha value is -3.58. The molecule has 1 saturated heterocycles. The number of rotatable bonds is 6. The van der Waals surface area contributed by atoms with Crippen molar-refractivity contribution in [3.8, 4) is 11.5 Å². The summed E-state index contributed by atoms with van der Waals surface area (Å²) in [7, 11) is 3.09. The molecule has 1 fully saturated rings. The van der Waals surface area contributed by atoms with Crippen molar-refractivity contribution in [3.63, 3.8) is 0 Å². The van der Waals surface area contributed by atoms with Gasteiger partial charge < -0.3 is 9.47 Å². The Bertz CT molecular complexity index is 1230. The first kappa shape index (κ1) is 23.6. The second-order valence-corrected chi connectivity index (χ2v) is 8.82. The van der Waals surface area contributed by atoms with Crippen LogP contribution >= 0.6 is 15.9 Å². The van der Waals surface area contributed by atoms with E-state index in [2.05, 4.69) is 15.9 Å². The zero-order valence-electron chi connectivity index (χ0n) is 19.2. The topological polar surface area (TPSA) is 59.1 Å². The van der Waals surface area contributed by atoms with E-state index >= 15 is 0 Å². The third-order valence-corrected chi connectivity index (χ3v) is 6.26. The Morgan fingerprint density at radius 3 is 2.32 bits per heavy atom. The Balaban J connectivity index is 1.83. The molecule has 0 spiro atoms. The number of methoxy groups -OCH3 is 2. The summed E-state index contributed by atoms with van der Waals surface area (Å²) in [6.45, 7) is 1.76. The molecule has 1 atom stereocenters. The van der Waals surface area contributed by atoms with Crippen molar-refractivity contribution in [1.82, 2.24) is 0 Å². The third-order valence-electron chi connectivity index (χ3n) is 5.73. The summed E-state index contributed by atoms with van der Waals surface area (Å²) < 4.78 is 11.8. The molecule has 34 heavy (non-hydrogen) atoms. The number of hydrogen-bond donors (Lipinski definition) is 0. The number of halogens is 1. The number of piperazine rings is 1. The van der Waals surface area contributed by atoms with Crippen LogP contribution in [0.4, 0.5) is 11.4 Å². The maximum absolute atomic E-state index is 14.0. The van der Waals surface area contributed by atoms with Crippen molar-refractivity contribution < 1.29 is 19.1 Å². The summed E-state index contributed by atoms with van der Waals surface area (Å²) in [4.78, 5) is 30.6. The van der Waals surface area contributed by atoms with Crippen molar-refractivity contribution in [2.75, 3.05) is 30.6 Å². The quantitative estimate of drug-likeness (QED) is 0.441. The van der Waals surface area contributed by atoms with Crippen LogP contribution in [0.5, 0.6) is 11.5 Å². The fourth-order valence-electron chi connectivity index (χ4n) is 4.09. The van der Waals surface area contributed by atoms with E-state index in [1.807, 2.05) is 67.6 Å². The number of anilines is 2. The first-order chi connectivity index (χ1) is 16.4. The van der Waals surface area contributed by atoms with Crippen molar-refractivity contribution in [1.29, 1.82) is 0 Å². The van der Waals surface area contributed by atoms with Crippen LogP contribution in [0.25, 0.3) is 6.08 Å². The Morgan fingerprint density at radius 2 is 1.68 bits per heavy atom. The molecule has 0 aromatic heterocycles. The van der Waals surface area contributed by atoms with E-state index < -0.39 is 6.04 Å². The van der Waals surface area contributed by atoms with Gasteiger partial charge in [-0.2, -0.15) is 0 Å². The van der Waals surface area contributed by atoms with Crippen molar-refractivity contribution in [2.45, 2.75) is 13.0 Å². The Morgan fingerprint density at radius 1 is 0.971 bits per heavy atom. The smallest absolute Gasteiger partial charge is 0.255 e. The van der Waals surface area contributed by atoms with E-state index in [1.54, 1.807) is 30.2 Å². The van der Waals surface area contributed by atoms with Gasteiger partial charge in [0.15, 0.2) is 0 Å². The van der Waals surface area contributed by atoms with Crippen molar-refractivity contribution in [2.24, 2.45) is 0 Å². The molecular weight excluding hydrogens is 496 g/mol. The van der Waals surface area contributed by atoms with Crippen LogP contribution < -0.4 is 19.3 Å². The lowest BCUT2D eigenvalue weighted by molar-refractivity contribution is -0.127. The highest BCUT2D eigenvalue weighted by atomic mass is 79.9. The molecule has 1 aliphatic heterocycles. The lowest BCUT2D eigenvalue weighted by Gasteiger charge is -2.41. The van der Waals surface area contributed by atoms with E-state index in [4.69, 9.17) is 9.47 Å². The molecule has 3 aromatic carbocycles. The van der Waals surface area contributed by atoms with Crippen LogP contribution in [0.2, 0.25) is 0 Å². The van der Waals surface area contributed by atoms with Gasteiger partial charge in [0.1, 0.15) is 24.1 Å². The molecule has 0 saturated carbocycles. The second-order valence-electron chi connectivity index (χ2n) is 7.90. The summed E-state index contributed by atoms with van der Waals surface area (Å²) in [5.74, 6) is 0.637. The predicted molar refractivity (Wildman–Crippen MR) is 137 cm³/mol. The molecule has 1 heterocycles. The Labute approximate surface area is 207 Å². The number of ether oxygens (including phenoxy) is 2. The van der Waals surface area contributed by atoms with Gasteiger partial charge in [-0.3, -0.25) is 19.4 Å². The van der Waals surface area contributed by atoms with Crippen LogP contribution in [-0.4, -0.2) is 38.6 Å². The minimum atomic E-state index is -0.821. The van der Waals surface area contributed by atoms with E-state index in [-0.39, 0.29) is 18.4 Å². The van der Waals surface area contributed by atoms with Crippen LogP contribution in [0.15, 0.2) is 82.8 Å². The largest absolute Gasteiger partial charge is 0.497 e.